The predicted molar refractivity (Wildman–Crippen MR) is 325 cm³/mol. The van der Waals surface area contributed by atoms with Crippen LogP contribution in [0.1, 0.15) is 219 Å². The lowest BCUT2D eigenvalue weighted by Crippen LogP contribution is -2.37. The number of quaternary nitrogens is 1. The van der Waals surface area contributed by atoms with Crippen LogP contribution in [0.5, 0.6) is 0 Å². The summed E-state index contributed by atoms with van der Waals surface area (Å²) in [7, 11) is 1.43. The van der Waals surface area contributed by atoms with E-state index in [-0.39, 0.29) is 32.0 Å². The second-order valence-corrected chi connectivity index (χ2v) is 22.1. The fourth-order valence-electron chi connectivity index (χ4n) is 7.57. The number of esters is 2. The number of phosphoric ester groups is 1. The molecule has 0 aliphatic carbocycles. The molecule has 0 aliphatic heterocycles. The van der Waals surface area contributed by atoms with Gasteiger partial charge in [-0.15, -0.1) is 0 Å². The normalized spacial score (nSPS) is 14.2. The van der Waals surface area contributed by atoms with E-state index in [2.05, 4.69) is 148 Å². The van der Waals surface area contributed by atoms with Crippen molar-refractivity contribution >= 4 is 19.8 Å². The third-order valence-corrected chi connectivity index (χ3v) is 13.1. The van der Waals surface area contributed by atoms with Gasteiger partial charge in [0.25, 0.3) is 0 Å². The summed E-state index contributed by atoms with van der Waals surface area (Å²) in [5, 5.41) is 0. The standard InChI is InChI=1S/C66H110NO8P/c1-6-8-10-12-14-16-18-20-22-24-26-28-30-31-32-33-34-35-37-39-41-43-45-47-49-51-53-55-57-59-66(69)75-64(63-74-76(70,71)73-61-60-67(3,4)5)62-72-65(68)58-56-54-52-50-48-46-44-42-40-38-36-29-27-25-23-21-19-17-15-13-11-9-7-2/h8,10,14,16,19-22,25-28,31-32,34-36,38-39,41,45,47,64H,6-7,9,11-13,15,17-18,23-24,29-30,33,37,40,42-44,46,48-63H2,1-5H3/p+1/b10-8-,16-14-,21-19-,22-20-,27-25-,28-26-,32-31-,35-34-,38-36-,41-39-,47-45-. The minimum absolute atomic E-state index is 0.0170. The fourth-order valence-corrected chi connectivity index (χ4v) is 8.31. The van der Waals surface area contributed by atoms with Crippen LogP contribution in [0.25, 0.3) is 0 Å². The van der Waals surface area contributed by atoms with Crippen molar-refractivity contribution in [3.8, 4) is 0 Å². The van der Waals surface area contributed by atoms with Gasteiger partial charge in [-0.25, -0.2) is 4.57 Å². The summed E-state index contributed by atoms with van der Waals surface area (Å²) in [4.78, 5) is 35.7. The number of hydrogen-bond donors (Lipinski definition) is 1. The van der Waals surface area contributed by atoms with Crippen LogP contribution in [0.4, 0.5) is 0 Å². The molecule has 0 radical (unpaired) electrons. The van der Waals surface area contributed by atoms with Crippen LogP contribution in [0.3, 0.4) is 0 Å². The third kappa shape index (κ3) is 59.4. The van der Waals surface area contributed by atoms with Crippen LogP contribution >= 0.6 is 7.82 Å². The highest BCUT2D eigenvalue weighted by Gasteiger charge is 2.27. The van der Waals surface area contributed by atoms with E-state index in [1.54, 1.807) is 0 Å². The number of likely N-dealkylation sites (N-methyl/N-ethyl adjacent to an activating group) is 1. The minimum atomic E-state index is -4.41. The fraction of sp³-hybridized carbons (Fsp3) is 0.636. The van der Waals surface area contributed by atoms with E-state index in [1.807, 2.05) is 21.1 Å². The van der Waals surface area contributed by atoms with Crippen molar-refractivity contribution in [1.29, 1.82) is 0 Å². The van der Waals surface area contributed by atoms with Crippen LogP contribution in [-0.2, 0) is 32.7 Å². The predicted octanol–water partition coefficient (Wildman–Crippen LogP) is 18.9. The molecule has 0 saturated heterocycles. The van der Waals surface area contributed by atoms with Crippen molar-refractivity contribution in [3.63, 3.8) is 0 Å². The van der Waals surface area contributed by atoms with Crippen molar-refractivity contribution in [2.75, 3.05) is 47.5 Å². The van der Waals surface area contributed by atoms with E-state index >= 15 is 0 Å². The lowest BCUT2D eigenvalue weighted by atomic mass is 10.1. The molecule has 0 aromatic rings. The Labute approximate surface area is 466 Å². The van der Waals surface area contributed by atoms with Gasteiger partial charge in [-0.3, -0.25) is 18.6 Å². The first kappa shape index (κ1) is 72.2. The molecule has 432 valence electrons. The molecular weight excluding hydrogens is 966 g/mol. The number of allylic oxidation sites excluding steroid dienone is 22. The number of unbranched alkanes of at least 4 members (excludes halogenated alkanes) is 17. The summed E-state index contributed by atoms with van der Waals surface area (Å²) in [5.41, 5.74) is 0. The highest BCUT2D eigenvalue weighted by Crippen LogP contribution is 2.43. The summed E-state index contributed by atoms with van der Waals surface area (Å²) < 4.78 is 34.5. The second kappa shape index (κ2) is 55.9. The highest BCUT2D eigenvalue weighted by molar-refractivity contribution is 7.47. The van der Waals surface area contributed by atoms with Crippen LogP contribution in [0.15, 0.2) is 134 Å². The van der Waals surface area contributed by atoms with Crippen molar-refractivity contribution in [2.24, 2.45) is 0 Å². The summed E-state index contributed by atoms with van der Waals surface area (Å²) in [5.74, 6) is -0.844. The number of rotatable bonds is 53. The zero-order chi connectivity index (χ0) is 55.6. The molecule has 0 bridgehead atoms. The van der Waals surface area contributed by atoms with Gasteiger partial charge < -0.3 is 18.9 Å². The van der Waals surface area contributed by atoms with Gasteiger partial charge in [0, 0.05) is 12.8 Å². The molecule has 0 spiro atoms. The average Bonchev–Trinajstić information content (AvgIpc) is 3.38. The van der Waals surface area contributed by atoms with E-state index in [0.717, 1.165) is 122 Å². The molecular formula is C66H111NO8P+. The van der Waals surface area contributed by atoms with Crippen LogP contribution in [0.2, 0.25) is 0 Å². The SMILES string of the molecule is CC/C=C\C/C=C\C/C=C\C/C=C\C/C=C\C/C=C\C/C=C\C/C=C\CCCCCCC(=O)OC(COC(=O)CCCCCCCCCC/C=C\C/C=C\C/C=C\CCCCCCC)COP(=O)(O)OCC[N+](C)(C)C. The van der Waals surface area contributed by atoms with Gasteiger partial charge in [-0.05, 0) is 116 Å². The molecule has 0 saturated carbocycles. The maximum atomic E-state index is 12.8. The Kier molecular flexibility index (Phi) is 53.1. The first-order chi connectivity index (χ1) is 37.0. The van der Waals surface area contributed by atoms with Crippen LogP contribution in [-0.4, -0.2) is 74.9 Å². The lowest BCUT2D eigenvalue weighted by Gasteiger charge is -2.24. The summed E-state index contributed by atoms with van der Waals surface area (Å²) in [6.07, 6.45) is 80.9. The van der Waals surface area contributed by atoms with Crippen molar-refractivity contribution in [3.05, 3.63) is 134 Å². The van der Waals surface area contributed by atoms with Gasteiger partial charge in [0.05, 0.1) is 27.7 Å². The highest BCUT2D eigenvalue weighted by atomic mass is 31.2. The number of carbonyl (C=O) groups excluding carboxylic acids is 2. The Bertz CT molecular complexity index is 1740. The smallest absolute Gasteiger partial charge is 0.462 e. The molecule has 0 aliphatic rings. The summed E-state index contributed by atoms with van der Waals surface area (Å²) in [6, 6.07) is 0. The molecule has 0 fully saturated rings. The van der Waals surface area contributed by atoms with Crippen LogP contribution < -0.4 is 0 Å². The maximum Gasteiger partial charge on any atom is 0.472 e. The second-order valence-electron chi connectivity index (χ2n) is 20.6. The third-order valence-electron chi connectivity index (χ3n) is 12.2. The first-order valence-corrected chi connectivity index (χ1v) is 31.4. The Balaban J connectivity index is 4.29. The largest absolute Gasteiger partial charge is 0.472 e. The number of nitrogens with zero attached hydrogens (tertiary/aromatic N) is 1. The van der Waals surface area contributed by atoms with Gasteiger partial charge in [-0.1, -0.05) is 225 Å². The van der Waals surface area contributed by atoms with Crippen molar-refractivity contribution < 1.29 is 42.1 Å². The zero-order valence-electron chi connectivity index (χ0n) is 48.9. The van der Waals surface area contributed by atoms with E-state index in [0.29, 0.717) is 17.4 Å². The number of ether oxygens (including phenoxy) is 2. The topological polar surface area (TPSA) is 108 Å². The maximum absolute atomic E-state index is 12.8. The molecule has 0 aromatic heterocycles. The monoisotopic (exact) mass is 1080 g/mol. The van der Waals surface area contributed by atoms with E-state index < -0.39 is 26.5 Å². The molecule has 10 heteroatoms. The van der Waals surface area contributed by atoms with E-state index in [1.165, 1.54) is 64.2 Å². The Hall–Kier alpha value is -3.85. The van der Waals surface area contributed by atoms with E-state index in [9.17, 15) is 19.0 Å². The quantitative estimate of drug-likeness (QED) is 0.0211. The van der Waals surface area contributed by atoms with Gasteiger partial charge in [0.1, 0.15) is 19.8 Å². The molecule has 2 atom stereocenters. The van der Waals surface area contributed by atoms with Gasteiger partial charge in [0.15, 0.2) is 6.10 Å². The van der Waals surface area contributed by atoms with E-state index in [4.69, 9.17) is 18.5 Å². The number of carbonyl (C=O) groups is 2. The average molecular weight is 1080 g/mol. The Morgan fingerprint density at radius 3 is 1.12 bits per heavy atom. The number of hydrogen-bond acceptors (Lipinski definition) is 7. The number of phosphoric acid groups is 1. The van der Waals surface area contributed by atoms with Crippen LogP contribution in [0, 0.1) is 0 Å². The van der Waals surface area contributed by atoms with Gasteiger partial charge in [-0.2, -0.15) is 0 Å². The molecule has 0 aromatic carbocycles. The zero-order valence-corrected chi connectivity index (χ0v) is 49.8. The molecule has 76 heavy (non-hydrogen) atoms. The molecule has 2 unspecified atom stereocenters. The molecule has 1 N–H and O–H groups in total. The Morgan fingerprint density at radius 2 is 0.750 bits per heavy atom. The van der Waals surface area contributed by atoms with Gasteiger partial charge >= 0.3 is 19.8 Å². The molecule has 0 heterocycles. The lowest BCUT2D eigenvalue weighted by molar-refractivity contribution is -0.870. The van der Waals surface area contributed by atoms with Gasteiger partial charge in [0.2, 0.25) is 0 Å². The summed E-state index contributed by atoms with van der Waals surface area (Å²) in [6.45, 7) is 4.25. The van der Waals surface area contributed by atoms with Crippen molar-refractivity contribution in [2.45, 2.75) is 225 Å². The minimum Gasteiger partial charge on any atom is -0.462 e. The molecule has 9 nitrogen and oxygen atoms in total. The Morgan fingerprint density at radius 1 is 0.421 bits per heavy atom. The summed E-state index contributed by atoms with van der Waals surface area (Å²) >= 11 is 0. The molecule has 0 amide bonds. The first-order valence-electron chi connectivity index (χ1n) is 29.9. The van der Waals surface area contributed by atoms with Crippen molar-refractivity contribution in [1.82, 2.24) is 0 Å². The molecule has 0 rings (SSSR count).